The summed E-state index contributed by atoms with van der Waals surface area (Å²) in [5.41, 5.74) is 1.36. The highest BCUT2D eigenvalue weighted by molar-refractivity contribution is 7.16. The van der Waals surface area contributed by atoms with Gasteiger partial charge in [0.1, 0.15) is 22.7 Å². The molecule has 8 heteroatoms. The number of fused-ring (bicyclic) bond motifs is 3. The molecule has 0 N–H and O–H groups in total. The predicted molar refractivity (Wildman–Crippen MR) is 117 cm³/mol. The Hall–Kier alpha value is -3.00. The summed E-state index contributed by atoms with van der Waals surface area (Å²) in [6, 6.07) is 8.01. The van der Waals surface area contributed by atoms with Crippen molar-refractivity contribution in [3.05, 3.63) is 63.8 Å². The van der Waals surface area contributed by atoms with Crippen LogP contribution in [0.2, 0.25) is 0 Å². The zero-order chi connectivity index (χ0) is 20.7. The van der Waals surface area contributed by atoms with Crippen molar-refractivity contribution in [3.8, 4) is 0 Å². The van der Waals surface area contributed by atoms with E-state index in [1.54, 1.807) is 23.7 Å². The first kappa shape index (κ1) is 19.0. The fraction of sp³-hybridized carbons (Fsp3) is 0.364. The standard InChI is InChI=1S/C22H23N5O2S/c1-2-4-19-24-26(21(29)18-11-16-8-10-30-22(16)27(18)19)14-20(28)25(17-6-7-17)13-15-5-3-9-23-12-15/h3,5,8-12,17H,2,4,6-7,13-14H2,1H3. The van der Waals surface area contributed by atoms with Gasteiger partial charge in [-0.2, -0.15) is 5.10 Å². The van der Waals surface area contributed by atoms with Crippen molar-refractivity contribution < 1.29 is 4.79 Å². The number of carbonyl (C=O) groups excluding carboxylic acids is 1. The first-order valence-corrected chi connectivity index (χ1v) is 11.2. The summed E-state index contributed by atoms with van der Waals surface area (Å²) < 4.78 is 3.31. The van der Waals surface area contributed by atoms with Gasteiger partial charge in [-0.05, 0) is 48.4 Å². The van der Waals surface area contributed by atoms with Crippen LogP contribution in [-0.4, -0.2) is 36.0 Å². The molecule has 1 fully saturated rings. The maximum Gasteiger partial charge on any atom is 0.291 e. The van der Waals surface area contributed by atoms with Crippen molar-refractivity contribution >= 4 is 33.0 Å². The molecule has 0 saturated heterocycles. The Morgan fingerprint density at radius 3 is 2.93 bits per heavy atom. The van der Waals surface area contributed by atoms with Gasteiger partial charge in [0, 0.05) is 36.8 Å². The van der Waals surface area contributed by atoms with E-state index in [1.807, 2.05) is 38.9 Å². The van der Waals surface area contributed by atoms with Crippen molar-refractivity contribution in [1.82, 2.24) is 24.1 Å². The number of nitrogens with zero attached hydrogens (tertiary/aromatic N) is 5. The molecule has 5 rings (SSSR count). The van der Waals surface area contributed by atoms with Gasteiger partial charge in [0.2, 0.25) is 5.91 Å². The predicted octanol–water partition coefficient (Wildman–Crippen LogP) is 3.25. The monoisotopic (exact) mass is 421 g/mol. The van der Waals surface area contributed by atoms with Crippen LogP contribution in [0.3, 0.4) is 0 Å². The van der Waals surface area contributed by atoms with Gasteiger partial charge in [0.25, 0.3) is 5.56 Å². The number of aromatic nitrogens is 4. The highest BCUT2D eigenvalue weighted by Crippen LogP contribution is 2.29. The molecule has 0 spiro atoms. The van der Waals surface area contributed by atoms with Crippen LogP contribution in [-0.2, 0) is 24.3 Å². The summed E-state index contributed by atoms with van der Waals surface area (Å²) in [4.78, 5) is 33.4. The van der Waals surface area contributed by atoms with Gasteiger partial charge in [-0.1, -0.05) is 13.0 Å². The van der Waals surface area contributed by atoms with Crippen LogP contribution < -0.4 is 5.56 Å². The Bertz CT molecular complexity index is 1270. The van der Waals surface area contributed by atoms with Gasteiger partial charge < -0.3 is 4.90 Å². The molecule has 1 aliphatic rings. The minimum Gasteiger partial charge on any atom is -0.334 e. The number of aryl methyl sites for hydroxylation is 1. The lowest BCUT2D eigenvalue weighted by Crippen LogP contribution is -2.39. The van der Waals surface area contributed by atoms with E-state index < -0.39 is 0 Å². The molecule has 4 aromatic heterocycles. The van der Waals surface area contributed by atoms with Crippen LogP contribution >= 0.6 is 11.3 Å². The molecule has 1 saturated carbocycles. The molecule has 0 aromatic carbocycles. The number of hydrogen-bond acceptors (Lipinski definition) is 5. The zero-order valence-electron chi connectivity index (χ0n) is 16.8. The minimum atomic E-state index is -0.219. The van der Waals surface area contributed by atoms with Gasteiger partial charge in [0.15, 0.2) is 0 Å². The first-order chi connectivity index (χ1) is 14.7. The first-order valence-electron chi connectivity index (χ1n) is 10.3. The van der Waals surface area contributed by atoms with Gasteiger partial charge in [-0.15, -0.1) is 11.3 Å². The second-order valence-corrected chi connectivity index (χ2v) is 8.68. The van der Waals surface area contributed by atoms with Crippen LogP contribution in [0, 0.1) is 0 Å². The third-order valence-corrected chi connectivity index (χ3v) is 6.41. The largest absolute Gasteiger partial charge is 0.334 e. The molecule has 7 nitrogen and oxygen atoms in total. The van der Waals surface area contributed by atoms with E-state index >= 15 is 0 Å². The van der Waals surface area contributed by atoms with Gasteiger partial charge >= 0.3 is 0 Å². The van der Waals surface area contributed by atoms with Gasteiger partial charge in [0.05, 0.1) is 0 Å². The zero-order valence-corrected chi connectivity index (χ0v) is 17.6. The Morgan fingerprint density at radius 1 is 1.33 bits per heavy atom. The molecule has 154 valence electrons. The Morgan fingerprint density at radius 2 is 2.20 bits per heavy atom. The molecule has 30 heavy (non-hydrogen) atoms. The van der Waals surface area contributed by atoms with E-state index in [0.717, 1.165) is 47.3 Å². The van der Waals surface area contributed by atoms with Crippen molar-refractivity contribution in [3.63, 3.8) is 0 Å². The van der Waals surface area contributed by atoms with E-state index in [1.165, 1.54) is 4.68 Å². The smallest absolute Gasteiger partial charge is 0.291 e. The molecule has 1 amide bonds. The third kappa shape index (κ3) is 3.41. The number of rotatable bonds is 7. The molecular weight excluding hydrogens is 398 g/mol. The van der Waals surface area contributed by atoms with E-state index in [0.29, 0.717) is 12.1 Å². The number of amides is 1. The van der Waals surface area contributed by atoms with E-state index in [-0.39, 0.29) is 24.1 Å². The molecule has 0 atom stereocenters. The number of carbonyl (C=O) groups is 1. The number of thiophene rings is 1. The molecule has 1 aliphatic carbocycles. The summed E-state index contributed by atoms with van der Waals surface area (Å²) >= 11 is 1.60. The average Bonchev–Trinajstić information content (AvgIpc) is 3.37. The van der Waals surface area contributed by atoms with Crippen molar-refractivity contribution in [2.45, 2.75) is 51.7 Å². The van der Waals surface area contributed by atoms with E-state index in [4.69, 9.17) is 0 Å². The van der Waals surface area contributed by atoms with Crippen molar-refractivity contribution in [1.29, 1.82) is 0 Å². The average molecular weight is 422 g/mol. The molecule has 0 unspecified atom stereocenters. The van der Waals surface area contributed by atoms with Crippen LogP contribution in [0.4, 0.5) is 0 Å². The van der Waals surface area contributed by atoms with E-state index in [9.17, 15) is 9.59 Å². The SMILES string of the molecule is CCCc1nn(CC(=O)N(Cc2cccnc2)C2CC2)c(=O)c2cc3ccsc3n12. The second-order valence-electron chi connectivity index (χ2n) is 7.79. The Kier molecular flexibility index (Phi) is 4.86. The molecule has 0 aliphatic heterocycles. The fourth-order valence-electron chi connectivity index (χ4n) is 3.91. The maximum atomic E-state index is 13.2. The third-order valence-electron chi connectivity index (χ3n) is 5.50. The van der Waals surface area contributed by atoms with Crippen LogP contribution in [0.1, 0.15) is 37.6 Å². The van der Waals surface area contributed by atoms with Crippen LogP contribution in [0.5, 0.6) is 0 Å². The van der Waals surface area contributed by atoms with Crippen molar-refractivity contribution in [2.75, 3.05) is 0 Å². The van der Waals surface area contributed by atoms with Gasteiger partial charge in [-0.25, -0.2) is 4.68 Å². The minimum absolute atomic E-state index is 0.0400. The summed E-state index contributed by atoms with van der Waals surface area (Å²) in [5, 5.41) is 7.68. The van der Waals surface area contributed by atoms with Crippen molar-refractivity contribution in [2.24, 2.45) is 0 Å². The molecular formula is C22H23N5O2S. The highest BCUT2D eigenvalue weighted by Gasteiger charge is 2.33. The highest BCUT2D eigenvalue weighted by atomic mass is 32.1. The summed E-state index contributed by atoms with van der Waals surface area (Å²) in [7, 11) is 0. The maximum absolute atomic E-state index is 13.2. The molecule has 0 bridgehead atoms. The van der Waals surface area contributed by atoms with Crippen LogP contribution in [0.25, 0.3) is 15.7 Å². The summed E-state index contributed by atoms with van der Waals surface area (Å²) in [5.74, 6) is 0.749. The summed E-state index contributed by atoms with van der Waals surface area (Å²) in [6.45, 7) is 2.56. The molecule has 0 radical (unpaired) electrons. The number of pyridine rings is 1. The molecule has 4 heterocycles. The molecule has 4 aromatic rings. The normalized spacial score (nSPS) is 13.9. The Balaban J connectivity index is 1.50. The quantitative estimate of drug-likeness (QED) is 0.459. The lowest BCUT2D eigenvalue weighted by Gasteiger charge is -2.23. The lowest BCUT2D eigenvalue weighted by atomic mass is 10.2. The summed E-state index contributed by atoms with van der Waals surface area (Å²) in [6.07, 6.45) is 7.17. The number of hydrogen-bond donors (Lipinski definition) is 0. The van der Waals surface area contributed by atoms with Crippen LogP contribution in [0.15, 0.2) is 46.8 Å². The van der Waals surface area contributed by atoms with E-state index in [2.05, 4.69) is 17.0 Å². The lowest BCUT2D eigenvalue weighted by molar-refractivity contribution is -0.133. The fourth-order valence-corrected chi connectivity index (χ4v) is 4.82. The Labute approximate surface area is 177 Å². The second kappa shape index (κ2) is 7.68. The van der Waals surface area contributed by atoms with Gasteiger partial charge in [-0.3, -0.25) is 19.0 Å². The topological polar surface area (TPSA) is 72.5 Å².